The van der Waals surface area contributed by atoms with Crippen LogP contribution >= 0.6 is 11.8 Å². The Hall–Kier alpha value is -2.38. The fraction of sp³-hybridized carbons (Fsp3) is 0.133. The molecule has 2 amide bonds. The Morgan fingerprint density at radius 3 is 2.50 bits per heavy atom. The zero-order valence-electron chi connectivity index (χ0n) is 11.9. The first-order chi connectivity index (χ1) is 10.6. The van der Waals surface area contributed by atoms with Crippen molar-refractivity contribution in [3.63, 3.8) is 0 Å². The number of thioether (sulfide) groups is 1. The topological polar surface area (TPSA) is 91.3 Å². The summed E-state index contributed by atoms with van der Waals surface area (Å²) in [4.78, 5) is 27.4. The molecular weight excluding hydrogens is 302 g/mol. The van der Waals surface area contributed by atoms with Crippen molar-refractivity contribution in [3.05, 3.63) is 59.3 Å². The van der Waals surface area contributed by atoms with Gasteiger partial charge in [0.15, 0.2) is 0 Å². The largest absolute Gasteiger partial charge is 0.348 e. The SMILES string of the molecule is CSc1cc(C(=O)NCc2ccc(C(=O)NO)cc2)ccn1. The van der Waals surface area contributed by atoms with Crippen molar-refractivity contribution in [2.75, 3.05) is 6.26 Å². The zero-order chi connectivity index (χ0) is 15.9. The molecule has 0 aliphatic carbocycles. The van der Waals surface area contributed by atoms with Crippen LogP contribution in [0.4, 0.5) is 0 Å². The highest BCUT2D eigenvalue weighted by atomic mass is 32.2. The number of pyridine rings is 1. The van der Waals surface area contributed by atoms with Crippen molar-refractivity contribution in [2.24, 2.45) is 0 Å². The average Bonchev–Trinajstić information content (AvgIpc) is 2.59. The van der Waals surface area contributed by atoms with E-state index in [1.807, 2.05) is 6.26 Å². The lowest BCUT2D eigenvalue weighted by Gasteiger charge is -2.07. The fourth-order valence-corrected chi connectivity index (χ4v) is 2.20. The molecule has 0 atom stereocenters. The Labute approximate surface area is 131 Å². The summed E-state index contributed by atoms with van der Waals surface area (Å²) in [5, 5.41) is 12.1. The zero-order valence-corrected chi connectivity index (χ0v) is 12.7. The highest BCUT2D eigenvalue weighted by Crippen LogP contribution is 2.12. The Kier molecular flexibility index (Phi) is 5.51. The van der Waals surface area contributed by atoms with E-state index >= 15 is 0 Å². The molecule has 2 aromatic rings. The van der Waals surface area contributed by atoms with Crippen LogP contribution in [0.3, 0.4) is 0 Å². The standard InChI is InChI=1S/C15H15N3O3S/c1-22-13-8-12(6-7-16-13)14(19)17-9-10-2-4-11(5-3-10)15(20)18-21/h2-8,21H,9H2,1H3,(H,17,19)(H,18,20). The molecule has 3 N–H and O–H groups in total. The van der Waals surface area contributed by atoms with E-state index in [2.05, 4.69) is 10.3 Å². The van der Waals surface area contributed by atoms with E-state index in [1.165, 1.54) is 11.8 Å². The lowest BCUT2D eigenvalue weighted by Crippen LogP contribution is -2.23. The van der Waals surface area contributed by atoms with Gasteiger partial charge in [-0.2, -0.15) is 0 Å². The molecular formula is C15H15N3O3S. The van der Waals surface area contributed by atoms with Crippen LogP contribution in [0.25, 0.3) is 0 Å². The molecule has 0 unspecified atom stereocenters. The third-order valence-corrected chi connectivity index (χ3v) is 3.62. The molecule has 2 rings (SSSR count). The van der Waals surface area contributed by atoms with Crippen molar-refractivity contribution >= 4 is 23.6 Å². The quantitative estimate of drug-likeness (QED) is 0.445. The Morgan fingerprint density at radius 1 is 1.14 bits per heavy atom. The molecule has 0 bridgehead atoms. The Morgan fingerprint density at radius 2 is 1.86 bits per heavy atom. The van der Waals surface area contributed by atoms with Gasteiger partial charge < -0.3 is 5.32 Å². The lowest BCUT2D eigenvalue weighted by atomic mass is 10.1. The van der Waals surface area contributed by atoms with Crippen LogP contribution in [-0.2, 0) is 6.54 Å². The predicted octanol–water partition coefficient (Wildman–Crippen LogP) is 1.85. The molecule has 22 heavy (non-hydrogen) atoms. The number of nitrogens with one attached hydrogen (secondary N) is 2. The molecule has 1 heterocycles. The number of carbonyl (C=O) groups excluding carboxylic acids is 2. The number of aromatic nitrogens is 1. The van der Waals surface area contributed by atoms with Crippen molar-refractivity contribution in [1.82, 2.24) is 15.8 Å². The smallest absolute Gasteiger partial charge is 0.274 e. The maximum Gasteiger partial charge on any atom is 0.274 e. The molecule has 0 aliphatic rings. The van der Waals surface area contributed by atoms with Gasteiger partial charge in [0, 0.05) is 23.9 Å². The van der Waals surface area contributed by atoms with Crippen LogP contribution in [-0.4, -0.2) is 28.3 Å². The first-order valence-electron chi connectivity index (χ1n) is 6.45. The van der Waals surface area contributed by atoms with Gasteiger partial charge >= 0.3 is 0 Å². The number of amides is 2. The van der Waals surface area contributed by atoms with Crippen LogP contribution < -0.4 is 10.8 Å². The molecule has 6 nitrogen and oxygen atoms in total. The third-order valence-electron chi connectivity index (χ3n) is 2.98. The van der Waals surface area contributed by atoms with Gasteiger partial charge in [0.2, 0.25) is 0 Å². The van der Waals surface area contributed by atoms with Gasteiger partial charge in [0.25, 0.3) is 11.8 Å². The summed E-state index contributed by atoms with van der Waals surface area (Å²) >= 11 is 1.47. The number of hydrogen-bond acceptors (Lipinski definition) is 5. The molecule has 0 fully saturated rings. The molecule has 0 spiro atoms. The molecule has 0 aliphatic heterocycles. The van der Waals surface area contributed by atoms with E-state index in [1.54, 1.807) is 48.1 Å². The summed E-state index contributed by atoms with van der Waals surface area (Å²) in [6.07, 6.45) is 3.50. The van der Waals surface area contributed by atoms with Crippen molar-refractivity contribution < 1.29 is 14.8 Å². The predicted molar refractivity (Wildman–Crippen MR) is 82.9 cm³/mol. The molecule has 114 valence electrons. The van der Waals surface area contributed by atoms with Crippen LogP contribution in [0.1, 0.15) is 26.3 Å². The van der Waals surface area contributed by atoms with E-state index in [9.17, 15) is 9.59 Å². The Bertz CT molecular complexity index is 674. The molecule has 1 aromatic heterocycles. The Balaban J connectivity index is 1.97. The number of benzene rings is 1. The maximum absolute atomic E-state index is 12.1. The van der Waals surface area contributed by atoms with Crippen LogP contribution in [0, 0.1) is 0 Å². The van der Waals surface area contributed by atoms with Gasteiger partial charge in [-0.1, -0.05) is 12.1 Å². The molecule has 1 aromatic carbocycles. The highest BCUT2D eigenvalue weighted by molar-refractivity contribution is 7.98. The van der Waals surface area contributed by atoms with Crippen LogP contribution in [0.2, 0.25) is 0 Å². The lowest BCUT2D eigenvalue weighted by molar-refractivity contribution is 0.0706. The minimum Gasteiger partial charge on any atom is -0.348 e. The third kappa shape index (κ3) is 4.06. The number of nitrogens with zero attached hydrogens (tertiary/aromatic N) is 1. The summed E-state index contributed by atoms with van der Waals surface area (Å²) in [6.45, 7) is 0.344. The van der Waals surface area contributed by atoms with Gasteiger partial charge in [0.1, 0.15) is 0 Å². The van der Waals surface area contributed by atoms with E-state index in [-0.39, 0.29) is 5.91 Å². The fourth-order valence-electron chi connectivity index (χ4n) is 1.79. The number of hydroxylamine groups is 1. The summed E-state index contributed by atoms with van der Waals surface area (Å²) in [6, 6.07) is 9.96. The number of rotatable bonds is 5. The minimum atomic E-state index is -0.572. The van der Waals surface area contributed by atoms with E-state index in [4.69, 9.17) is 5.21 Å². The van der Waals surface area contributed by atoms with Gasteiger partial charge in [-0.15, -0.1) is 11.8 Å². The molecule has 0 saturated heterocycles. The summed E-state index contributed by atoms with van der Waals surface area (Å²) in [7, 11) is 0. The van der Waals surface area contributed by atoms with E-state index < -0.39 is 5.91 Å². The first-order valence-corrected chi connectivity index (χ1v) is 7.68. The van der Waals surface area contributed by atoms with Crippen molar-refractivity contribution in [3.8, 4) is 0 Å². The second kappa shape index (κ2) is 7.58. The average molecular weight is 317 g/mol. The number of carbonyl (C=O) groups is 2. The van der Waals surface area contributed by atoms with Gasteiger partial charge in [-0.05, 0) is 36.1 Å². The van der Waals surface area contributed by atoms with Crippen LogP contribution in [0.5, 0.6) is 0 Å². The normalized spacial score (nSPS) is 10.1. The highest BCUT2D eigenvalue weighted by Gasteiger charge is 2.07. The molecule has 0 radical (unpaired) electrons. The van der Waals surface area contributed by atoms with Crippen molar-refractivity contribution in [2.45, 2.75) is 11.6 Å². The summed E-state index contributed by atoms with van der Waals surface area (Å²) < 4.78 is 0. The van der Waals surface area contributed by atoms with Gasteiger partial charge in [0.05, 0.1) is 5.03 Å². The van der Waals surface area contributed by atoms with Gasteiger partial charge in [-0.3, -0.25) is 14.8 Å². The van der Waals surface area contributed by atoms with E-state index in [0.29, 0.717) is 17.7 Å². The van der Waals surface area contributed by atoms with Crippen LogP contribution in [0.15, 0.2) is 47.6 Å². The van der Waals surface area contributed by atoms with Gasteiger partial charge in [-0.25, -0.2) is 10.5 Å². The second-order valence-electron chi connectivity index (χ2n) is 4.41. The second-order valence-corrected chi connectivity index (χ2v) is 5.23. The van der Waals surface area contributed by atoms with E-state index in [0.717, 1.165) is 10.6 Å². The monoisotopic (exact) mass is 317 g/mol. The minimum absolute atomic E-state index is 0.185. The summed E-state index contributed by atoms with van der Waals surface area (Å²) in [5.41, 5.74) is 3.31. The maximum atomic E-state index is 12.1. The molecule has 0 saturated carbocycles. The first kappa shape index (κ1) is 16.0. The molecule has 7 heteroatoms. The number of hydrogen-bond donors (Lipinski definition) is 3. The summed E-state index contributed by atoms with van der Waals surface area (Å²) in [5.74, 6) is -0.758. The van der Waals surface area contributed by atoms with Crippen molar-refractivity contribution in [1.29, 1.82) is 0 Å².